The van der Waals surface area contributed by atoms with Crippen LogP contribution in [0.15, 0.2) is 65.7 Å². The molecule has 1 amide bonds. The van der Waals surface area contributed by atoms with Gasteiger partial charge in [0.2, 0.25) is 0 Å². The van der Waals surface area contributed by atoms with Crippen LogP contribution >= 0.6 is 35.6 Å². The largest absolute Gasteiger partial charge is 0.307 e. The highest BCUT2D eigenvalue weighted by Gasteiger charge is 2.23. The van der Waals surface area contributed by atoms with Crippen LogP contribution in [0.2, 0.25) is 5.02 Å². The Hall–Kier alpha value is -2.41. The standard InChI is InChI=1S/C19H12ClN3OS2/c20-14-8-6-12(7-9-14)17-13(10-16-18(24)21-19(25)26-16)11-23(22-17)15-4-2-1-3-5-15/h1-11H,(H,21,24,25)/b16-10+. The van der Waals surface area contributed by atoms with E-state index >= 15 is 0 Å². The summed E-state index contributed by atoms with van der Waals surface area (Å²) in [6, 6.07) is 17.3. The summed E-state index contributed by atoms with van der Waals surface area (Å²) in [4.78, 5) is 12.6. The molecule has 1 N–H and O–H groups in total. The van der Waals surface area contributed by atoms with E-state index in [4.69, 9.17) is 28.9 Å². The Morgan fingerprint density at radius 1 is 1.12 bits per heavy atom. The van der Waals surface area contributed by atoms with Gasteiger partial charge in [0.05, 0.1) is 16.3 Å². The summed E-state index contributed by atoms with van der Waals surface area (Å²) >= 11 is 12.3. The van der Waals surface area contributed by atoms with Gasteiger partial charge in [0, 0.05) is 22.3 Å². The van der Waals surface area contributed by atoms with Gasteiger partial charge in [-0.1, -0.05) is 65.9 Å². The van der Waals surface area contributed by atoms with Crippen LogP contribution in [0.4, 0.5) is 0 Å². The van der Waals surface area contributed by atoms with Crippen LogP contribution in [0.5, 0.6) is 0 Å². The molecule has 7 heteroatoms. The van der Waals surface area contributed by atoms with Crippen molar-refractivity contribution in [1.29, 1.82) is 0 Å². The first kappa shape index (κ1) is 17.0. The number of nitrogens with one attached hydrogen (secondary N) is 1. The Kier molecular flexibility index (Phi) is 4.63. The van der Waals surface area contributed by atoms with Gasteiger partial charge in [-0.2, -0.15) is 5.10 Å². The lowest BCUT2D eigenvalue weighted by Crippen LogP contribution is -2.17. The third kappa shape index (κ3) is 3.44. The Morgan fingerprint density at radius 3 is 2.50 bits per heavy atom. The zero-order chi connectivity index (χ0) is 18.1. The molecule has 1 aromatic heterocycles. The van der Waals surface area contributed by atoms with E-state index in [1.54, 1.807) is 4.68 Å². The fourth-order valence-corrected chi connectivity index (χ4v) is 3.76. The number of halogens is 1. The van der Waals surface area contributed by atoms with Crippen molar-refractivity contribution >= 4 is 51.9 Å². The number of para-hydroxylation sites is 1. The zero-order valence-electron chi connectivity index (χ0n) is 13.3. The summed E-state index contributed by atoms with van der Waals surface area (Å²) in [7, 11) is 0. The number of amides is 1. The first-order valence-electron chi connectivity index (χ1n) is 7.76. The van der Waals surface area contributed by atoms with Gasteiger partial charge < -0.3 is 5.32 Å². The number of nitrogens with zero attached hydrogens (tertiary/aromatic N) is 2. The van der Waals surface area contributed by atoms with E-state index in [1.807, 2.05) is 66.9 Å². The van der Waals surface area contributed by atoms with Crippen LogP contribution in [-0.4, -0.2) is 20.0 Å². The lowest BCUT2D eigenvalue weighted by molar-refractivity contribution is -0.115. The van der Waals surface area contributed by atoms with Crippen LogP contribution < -0.4 is 5.32 Å². The summed E-state index contributed by atoms with van der Waals surface area (Å²) < 4.78 is 2.26. The maximum absolute atomic E-state index is 12.0. The average molecular weight is 398 g/mol. The van der Waals surface area contributed by atoms with Gasteiger partial charge in [-0.15, -0.1) is 0 Å². The minimum absolute atomic E-state index is 0.186. The second-order valence-corrected chi connectivity index (χ2v) is 7.73. The van der Waals surface area contributed by atoms with E-state index in [1.165, 1.54) is 11.8 Å². The number of benzene rings is 2. The van der Waals surface area contributed by atoms with E-state index in [2.05, 4.69) is 5.32 Å². The van der Waals surface area contributed by atoms with Crippen molar-refractivity contribution in [1.82, 2.24) is 15.1 Å². The minimum Gasteiger partial charge on any atom is -0.307 e. The highest BCUT2D eigenvalue weighted by molar-refractivity contribution is 8.26. The van der Waals surface area contributed by atoms with Gasteiger partial charge in [-0.05, 0) is 30.3 Å². The summed E-state index contributed by atoms with van der Waals surface area (Å²) in [5, 5.41) is 8.02. The summed E-state index contributed by atoms with van der Waals surface area (Å²) in [5.74, 6) is -0.186. The van der Waals surface area contributed by atoms with Gasteiger partial charge in [-0.25, -0.2) is 4.68 Å². The van der Waals surface area contributed by atoms with E-state index in [0.29, 0.717) is 14.2 Å². The Bertz CT molecular complexity index is 1030. The molecule has 1 aliphatic heterocycles. The van der Waals surface area contributed by atoms with Crippen molar-refractivity contribution in [3.8, 4) is 16.9 Å². The molecule has 1 fully saturated rings. The van der Waals surface area contributed by atoms with Gasteiger partial charge in [-0.3, -0.25) is 4.79 Å². The number of hydrogen-bond acceptors (Lipinski definition) is 4. The van der Waals surface area contributed by atoms with E-state index < -0.39 is 0 Å². The number of aromatic nitrogens is 2. The number of thioether (sulfide) groups is 1. The van der Waals surface area contributed by atoms with Gasteiger partial charge in [0.15, 0.2) is 0 Å². The predicted molar refractivity (Wildman–Crippen MR) is 110 cm³/mol. The van der Waals surface area contributed by atoms with Crippen molar-refractivity contribution < 1.29 is 4.79 Å². The van der Waals surface area contributed by atoms with Crippen molar-refractivity contribution in [2.45, 2.75) is 0 Å². The SMILES string of the molecule is O=C1NC(=S)S/C1=C/c1cn(-c2ccccc2)nc1-c1ccc(Cl)cc1. The highest BCUT2D eigenvalue weighted by atomic mass is 35.5. The van der Waals surface area contributed by atoms with E-state index in [9.17, 15) is 4.79 Å². The molecule has 0 saturated carbocycles. The second kappa shape index (κ2) is 7.07. The van der Waals surface area contributed by atoms with Crippen LogP contribution in [0, 0.1) is 0 Å². The molecule has 4 nitrogen and oxygen atoms in total. The molecule has 0 atom stereocenters. The molecule has 1 aliphatic rings. The Balaban J connectivity index is 1.84. The molecule has 2 aromatic carbocycles. The van der Waals surface area contributed by atoms with Gasteiger partial charge in [0.25, 0.3) is 5.91 Å². The summed E-state index contributed by atoms with van der Waals surface area (Å²) in [6.07, 6.45) is 3.72. The van der Waals surface area contributed by atoms with Crippen molar-refractivity contribution in [3.05, 3.63) is 76.3 Å². The van der Waals surface area contributed by atoms with Crippen molar-refractivity contribution in [2.75, 3.05) is 0 Å². The fraction of sp³-hybridized carbons (Fsp3) is 0. The molecular weight excluding hydrogens is 386 g/mol. The topological polar surface area (TPSA) is 46.9 Å². The second-order valence-electron chi connectivity index (χ2n) is 5.57. The van der Waals surface area contributed by atoms with Crippen LogP contribution in [0.25, 0.3) is 23.0 Å². The molecule has 0 aliphatic carbocycles. The molecule has 1 saturated heterocycles. The monoisotopic (exact) mass is 397 g/mol. The summed E-state index contributed by atoms with van der Waals surface area (Å²) in [5.41, 5.74) is 3.45. The lowest BCUT2D eigenvalue weighted by Gasteiger charge is -2.01. The van der Waals surface area contributed by atoms with E-state index in [0.717, 1.165) is 22.5 Å². The lowest BCUT2D eigenvalue weighted by atomic mass is 10.1. The molecular formula is C19H12ClN3OS2. The van der Waals surface area contributed by atoms with Gasteiger partial charge in [0.1, 0.15) is 4.32 Å². The number of carbonyl (C=O) groups excluding carboxylic acids is 1. The first-order chi connectivity index (χ1) is 12.6. The van der Waals surface area contributed by atoms with Crippen molar-refractivity contribution in [3.63, 3.8) is 0 Å². The van der Waals surface area contributed by atoms with Crippen LogP contribution in [0.3, 0.4) is 0 Å². The maximum Gasteiger partial charge on any atom is 0.263 e. The molecule has 2 heterocycles. The smallest absolute Gasteiger partial charge is 0.263 e. The quantitative estimate of drug-likeness (QED) is 0.514. The third-order valence-electron chi connectivity index (χ3n) is 3.81. The normalized spacial score (nSPS) is 15.5. The average Bonchev–Trinajstić information content (AvgIpc) is 3.20. The maximum atomic E-state index is 12.0. The van der Waals surface area contributed by atoms with E-state index in [-0.39, 0.29) is 5.91 Å². The molecule has 26 heavy (non-hydrogen) atoms. The summed E-state index contributed by atoms with van der Waals surface area (Å²) in [6.45, 7) is 0. The number of carbonyl (C=O) groups is 1. The molecule has 3 aromatic rings. The Labute approximate surface area is 164 Å². The molecule has 0 bridgehead atoms. The Morgan fingerprint density at radius 2 is 1.85 bits per heavy atom. The third-order valence-corrected chi connectivity index (χ3v) is 5.22. The van der Waals surface area contributed by atoms with Crippen LogP contribution in [0.1, 0.15) is 5.56 Å². The molecule has 0 spiro atoms. The van der Waals surface area contributed by atoms with Crippen LogP contribution in [-0.2, 0) is 4.79 Å². The number of hydrogen-bond donors (Lipinski definition) is 1. The highest BCUT2D eigenvalue weighted by Crippen LogP contribution is 2.31. The predicted octanol–water partition coefficient (Wildman–Crippen LogP) is 4.68. The van der Waals surface area contributed by atoms with Crippen molar-refractivity contribution in [2.24, 2.45) is 0 Å². The molecule has 4 rings (SSSR count). The zero-order valence-corrected chi connectivity index (χ0v) is 15.7. The molecule has 0 unspecified atom stereocenters. The molecule has 0 radical (unpaired) electrons. The molecule has 128 valence electrons. The number of thiocarbonyl (C=S) groups is 1. The first-order valence-corrected chi connectivity index (χ1v) is 9.36. The minimum atomic E-state index is -0.186. The van der Waals surface area contributed by atoms with Gasteiger partial charge >= 0.3 is 0 Å². The number of rotatable bonds is 3. The fourth-order valence-electron chi connectivity index (χ4n) is 2.60.